The van der Waals surface area contributed by atoms with Gasteiger partial charge in [-0.3, -0.25) is 4.98 Å². The van der Waals surface area contributed by atoms with Crippen LogP contribution in [0, 0.1) is 0 Å². The molecule has 0 atom stereocenters. The molecule has 0 unspecified atom stereocenters. The number of methoxy groups -OCH3 is 1. The van der Waals surface area contributed by atoms with Crippen LogP contribution in [0.4, 0.5) is 5.69 Å². The van der Waals surface area contributed by atoms with Gasteiger partial charge in [0.1, 0.15) is 5.75 Å². The molecular formula is C15H17ClN2O2. The maximum Gasteiger partial charge on any atom is 0.142 e. The summed E-state index contributed by atoms with van der Waals surface area (Å²) in [6.07, 6.45) is 1.71. The molecule has 0 spiro atoms. The summed E-state index contributed by atoms with van der Waals surface area (Å²) < 4.78 is 5.36. The van der Waals surface area contributed by atoms with Crippen molar-refractivity contribution < 1.29 is 9.84 Å². The Hall–Kier alpha value is -1.78. The van der Waals surface area contributed by atoms with Crippen LogP contribution in [-0.4, -0.2) is 30.4 Å². The minimum atomic E-state index is 0.0441. The smallest absolute Gasteiger partial charge is 0.142 e. The van der Waals surface area contributed by atoms with Crippen LogP contribution in [0.25, 0.3) is 0 Å². The molecule has 2 aromatic rings. The Labute approximate surface area is 123 Å². The van der Waals surface area contributed by atoms with Crippen LogP contribution in [0.5, 0.6) is 5.75 Å². The molecule has 0 amide bonds. The van der Waals surface area contributed by atoms with Crippen molar-refractivity contribution in [2.45, 2.75) is 6.54 Å². The van der Waals surface area contributed by atoms with Crippen molar-refractivity contribution in [3.63, 3.8) is 0 Å². The number of anilines is 1. The zero-order chi connectivity index (χ0) is 14.4. The highest BCUT2D eigenvalue weighted by molar-refractivity contribution is 6.31. The van der Waals surface area contributed by atoms with Crippen LogP contribution >= 0.6 is 11.6 Å². The minimum absolute atomic E-state index is 0.0441. The van der Waals surface area contributed by atoms with E-state index in [0.717, 1.165) is 17.1 Å². The summed E-state index contributed by atoms with van der Waals surface area (Å²) >= 11 is 6.15. The summed E-state index contributed by atoms with van der Waals surface area (Å²) in [6.45, 7) is 1.04. The van der Waals surface area contributed by atoms with Gasteiger partial charge in [0.2, 0.25) is 0 Å². The van der Waals surface area contributed by atoms with E-state index in [1.54, 1.807) is 19.4 Å². The monoisotopic (exact) mass is 292 g/mol. The molecule has 1 N–H and O–H groups in total. The predicted octanol–water partition coefficient (Wildman–Crippen LogP) is 2.74. The molecule has 2 rings (SSSR count). The molecule has 0 aliphatic heterocycles. The normalized spacial score (nSPS) is 10.3. The molecule has 0 saturated heterocycles. The molecule has 0 bridgehead atoms. The number of hydrogen-bond donors (Lipinski definition) is 1. The molecule has 0 fully saturated rings. The van der Waals surface area contributed by atoms with Crippen molar-refractivity contribution in [2.75, 3.05) is 25.2 Å². The molecule has 0 radical (unpaired) electrons. The number of ether oxygens (including phenoxy) is 1. The third kappa shape index (κ3) is 3.40. The summed E-state index contributed by atoms with van der Waals surface area (Å²) in [5.41, 5.74) is 1.68. The highest BCUT2D eigenvalue weighted by Gasteiger charge is 2.13. The Morgan fingerprint density at radius 2 is 2.05 bits per heavy atom. The van der Waals surface area contributed by atoms with E-state index in [9.17, 15) is 5.11 Å². The molecule has 0 saturated carbocycles. The van der Waals surface area contributed by atoms with E-state index in [0.29, 0.717) is 18.1 Å². The number of para-hydroxylation sites is 2. The van der Waals surface area contributed by atoms with Crippen LogP contribution in [-0.2, 0) is 6.54 Å². The van der Waals surface area contributed by atoms with E-state index in [-0.39, 0.29) is 6.61 Å². The van der Waals surface area contributed by atoms with Crippen LogP contribution in [0.15, 0.2) is 42.6 Å². The van der Waals surface area contributed by atoms with Gasteiger partial charge >= 0.3 is 0 Å². The standard InChI is InChI=1S/C15H17ClN2O2/c1-20-15-7-3-2-6-14(15)18(9-10-19)11-13-12(16)5-4-8-17-13/h2-8,19H,9-11H2,1H3. The molecule has 5 heteroatoms. The Bertz CT molecular complexity index is 563. The first-order chi connectivity index (χ1) is 9.76. The Morgan fingerprint density at radius 1 is 1.25 bits per heavy atom. The largest absolute Gasteiger partial charge is 0.495 e. The van der Waals surface area contributed by atoms with Crippen LogP contribution in [0.2, 0.25) is 5.02 Å². The number of halogens is 1. The van der Waals surface area contributed by atoms with E-state index < -0.39 is 0 Å². The van der Waals surface area contributed by atoms with E-state index in [4.69, 9.17) is 16.3 Å². The number of aliphatic hydroxyl groups excluding tert-OH is 1. The van der Waals surface area contributed by atoms with Gasteiger partial charge in [0.15, 0.2) is 0 Å². The summed E-state index contributed by atoms with van der Waals surface area (Å²) in [7, 11) is 1.63. The number of rotatable bonds is 6. The lowest BCUT2D eigenvalue weighted by molar-refractivity contribution is 0.300. The first kappa shape index (κ1) is 14.6. The molecule has 4 nitrogen and oxygen atoms in total. The zero-order valence-corrected chi connectivity index (χ0v) is 12.0. The number of pyridine rings is 1. The highest BCUT2D eigenvalue weighted by atomic mass is 35.5. The first-order valence-electron chi connectivity index (χ1n) is 6.34. The van der Waals surface area contributed by atoms with E-state index in [1.165, 1.54) is 0 Å². The molecular weight excluding hydrogens is 276 g/mol. The van der Waals surface area contributed by atoms with Gasteiger partial charge in [-0.25, -0.2) is 0 Å². The second kappa shape index (κ2) is 7.12. The van der Waals surface area contributed by atoms with Gasteiger partial charge in [-0.1, -0.05) is 23.7 Å². The van der Waals surface area contributed by atoms with Crippen molar-refractivity contribution >= 4 is 17.3 Å². The van der Waals surface area contributed by atoms with Crippen molar-refractivity contribution in [1.29, 1.82) is 0 Å². The maximum absolute atomic E-state index is 9.27. The molecule has 1 aromatic heterocycles. The first-order valence-corrected chi connectivity index (χ1v) is 6.72. The lowest BCUT2D eigenvalue weighted by Crippen LogP contribution is -2.27. The van der Waals surface area contributed by atoms with Gasteiger partial charge < -0.3 is 14.7 Å². The molecule has 106 valence electrons. The third-order valence-corrected chi connectivity index (χ3v) is 3.32. The predicted molar refractivity (Wildman–Crippen MR) is 80.4 cm³/mol. The summed E-state index contributed by atoms with van der Waals surface area (Å²) in [5.74, 6) is 0.757. The molecule has 1 aromatic carbocycles. The minimum Gasteiger partial charge on any atom is -0.495 e. The number of aliphatic hydroxyl groups is 1. The number of aromatic nitrogens is 1. The zero-order valence-electron chi connectivity index (χ0n) is 11.3. The fourth-order valence-corrected chi connectivity index (χ4v) is 2.19. The average molecular weight is 293 g/mol. The number of benzene rings is 1. The lowest BCUT2D eigenvalue weighted by Gasteiger charge is -2.25. The summed E-state index contributed by atoms with van der Waals surface area (Å²) in [4.78, 5) is 6.28. The van der Waals surface area contributed by atoms with Crippen molar-refractivity contribution in [3.8, 4) is 5.75 Å². The van der Waals surface area contributed by atoms with E-state index in [1.807, 2.05) is 35.2 Å². The van der Waals surface area contributed by atoms with Gasteiger partial charge in [-0.15, -0.1) is 0 Å². The van der Waals surface area contributed by atoms with Gasteiger partial charge in [0.25, 0.3) is 0 Å². The second-order valence-corrected chi connectivity index (χ2v) is 4.66. The molecule has 0 aliphatic carbocycles. The van der Waals surface area contributed by atoms with Crippen LogP contribution < -0.4 is 9.64 Å². The summed E-state index contributed by atoms with van der Waals surface area (Å²) in [6, 6.07) is 11.3. The van der Waals surface area contributed by atoms with Crippen molar-refractivity contribution in [1.82, 2.24) is 4.98 Å². The molecule has 20 heavy (non-hydrogen) atoms. The lowest BCUT2D eigenvalue weighted by atomic mass is 10.2. The van der Waals surface area contributed by atoms with Gasteiger partial charge in [-0.2, -0.15) is 0 Å². The molecule has 1 heterocycles. The van der Waals surface area contributed by atoms with Crippen molar-refractivity contribution in [2.24, 2.45) is 0 Å². The quantitative estimate of drug-likeness (QED) is 0.889. The number of hydrogen-bond acceptors (Lipinski definition) is 4. The summed E-state index contributed by atoms with van der Waals surface area (Å²) in [5, 5.41) is 9.89. The van der Waals surface area contributed by atoms with Gasteiger partial charge in [-0.05, 0) is 24.3 Å². The topological polar surface area (TPSA) is 45.6 Å². The van der Waals surface area contributed by atoms with E-state index >= 15 is 0 Å². The fourth-order valence-electron chi connectivity index (χ4n) is 2.01. The number of nitrogens with zero attached hydrogens (tertiary/aromatic N) is 2. The van der Waals surface area contributed by atoms with Crippen molar-refractivity contribution in [3.05, 3.63) is 53.3 Å². The average Bonchev–Trinajstić information content (AvgIpc) is 2.49. The molecule has 0 aliphatic rings. The Kier molecular flexibility index (Phi) is 5.21. The second-order valence-electron chi connectivity index (χ2n) is 4.25. The third-order valence-electron chi connectivity index (χ3n) is 2.97. The fraction of sp³-hybridized carbons (Fsp3) is 0.267. The highest BCUT2D eigenvalue weighted by Crippen LogP contribution is 2.29. The van der Waals surface area contributed by atoms with Crippen LogP contribution in [0.1, 0.15) is 5.69 Å². The SMILES string of the molecule is COc1ccccc1N(CCO)Cc1ncccc1Cl. The maximum atomic E-state index is 9.27. The van der Waals surface area contributed by atoms with E-state index in [2.05, 4.69) is 4.98 Å². The Morgan fingerprint density at radius 3 is 2.75 bits per heavy atom. The van der Waals surface area contributed by atoms with Crippen LogP contribution in [0.3, 0.4) is 0 Å². The Balaban J connectivity index is 2.29. The van der Waals surface area contributed by atoms with Gasteiger partial charge in [0.05, 0.1) is 36.7 Å². The van der Waals surface area contributed by atoms with Gasteiger partial charge in [0, 0.05) is 12.7 Å².